The smallest absolute Gasteiger partial charge is 0.298 e. The third-order valence-electron chi connectivity index (χ3n) is 3.79. The molecule has 0 saturated carbocycles. The Morgan fingerprint density at radius 1 is 1.00 bits per heavy atom. The first-order valence-corrected chi connectivity index (χ1v) is 6.88. The topological polar surface area (TPSA) is 50.3 Å². The molecule has 106 valence electrons. The predicted octanol–water partition coefficient (Wildman–Crippen LogP) is 2.74. The van der Waals surface area contributed by atoms with E-state index in [1.165, 1.54) is 0 Å². The number of nitrogens with zero attached hydrogens (tertiary/aromatic N) is 2. The number of benzene rings is 1. The molecular formula is C17H16N2O2. The zero-order chi connectivity index (χ0) is 15.1. The summed E-state index contributed by atoms with van der Waals surface area (Å²) in [4.78, 5) is 30.5. The number of rotatable bonds is 2. The van der Waals surface area contributed by atoms with Crippen molar-refractivity contribution in [1.82, 2.24) is 4.98 Å². The van der Waals surface area contributed by atoms with E-state index in [0.29, 0.717) is 12.1 Å². The Morgan fingerprint density at radius 3 is 2.43 bits per heavy atom. The lowest BCUT2D eigenvalue weighted by Crippen LogP contribution is -2.29. The van der Waals surface area contributed by atoms with Gasteiger partial charge in [0.05, 0.1) is 23.5 Å². The monoisotopic (exact) mass is 280 g/mol. The largest absolute Gasteiger partial charge is 0.299 e. The van der Waals surface area contributed by atoms with Crippen LogP contribution >= 0.6 is 0 Å². The lowest BCUT2D eigenvalue weighted by atomic mass is 10.0. The number of carbonyl (C=O) groups is 2. The minimum absolute atomic E-state index is 0.323. The molecule has 1 aromatic heterocycles. The van der Waals surface area contributed by atoms with Crippen LogP contribution in [-0.4, -0.2) is 16.7 Å². The quantitative estimate of drug-likeness (QED) is 0.795. The Hall–Kier alpha value is -2.49. The van der Waals surface area contributed by atoms with E-state index in [0.717, 1.165) is 28.2 Å². The lowest BCUT2D eigenvalue weighted by molar-refractivity contribution is -0.114. The van der Waals surface area contributed by atoms with Crippen molar-refractivity contribution >= 4 is 17.4 Å². The first-order chi connectivity index (χ1) is 9.99. The van der Waals surface area contributed by atoms with Crippen LogP contribution in [0, 0.1) is 20.8 Å². The van der Waals surface area contributed by atoms with Gasteiger partial charge < -0.3 is 0 Å². The molecule has 1 aliphatic heterocycles. The van der Waals surface area contributed by atoms with Crippen molar-refractivity contribution < 1.29 is 9.59 Å². The van der Waals surface area contributed by atoms with Gasteiger partial charge in [0, 0.05) is 5.69 Å². The third-order valence-corrected chi connectivity index (χ3v) is 3.79. The Balaban J connectivity index is 2.08. The maximum atomic E-state index is 12.3. The highest BCUT2D eigenvalue weighted by molar-refractivity contribution is 6.52. The fourth-order valence-corrected chi connectivity index (χ4v) is 2.76. The molecule has 4 nitrogen and oxygen atoms in total. The normalized spacial score (nSPS) is 13.8. The Bertz CT molecular complexity index is 765. The third kappa shape index (κ3) is 2.13. The molecule has 0 unspecified atom stereocenters. The maximum Gasteiger partial charge on any atom is 0.299 e. The molecule has 0 fully saturated rings. The molecule has 1 aromatic carbocycles. The Morgan fingerprint density at radius 2 is 1.71 bits per heavy atom. The second kappa shape index (κ2) is 4.81. The molecule has 0 N–H and O–H groups in total. The highest BCUT2D eigenvalue weighted by atomic mass is 16.2. The SMILES string of the molecule is Cc1cccc(CN2C(=O)C(=O)c3c(C)ccc(C)c32)n1. The number of hydrogen-bond donors (Lipinski definition) is 0. The van der Waals surface area contributed by atoms with Gasteiger partial charge in [-0.2, -0.15) is 0 Å². The number of amides is 1. The van der Waals surface area contributed by atoms with Gasteiger partial charge in [0.2, 0.25) is 0 Å². The summed E-state index contributed by atoms with van der Waals surface area (Å²) in [5.41, 5.74) is 4.72. The van der Waals surface area contributed by atoms with Crippen LogP contribution in [0.25, 0.3) is 0 Å². The molecule has 0 saturated heterocycles. The Labute approximate surface area is 123 Å². The summed E-state index contributed by atoms with van der Waals surface area (Å²) < 4.78 is 0. The van der Waals surface area contributed by atoms with Gasteiger partial charge in [0.1, 0.15) is 0 Å². The van der Waals surface area contributed by atoms with E-state index in [1.54, 1.807) is 4.90 Å². The molecule has 0 aliphatic carbocycles. The molecule has 21 heavy (non-hydrogen) atoms. The maximum absolute atomic E-state index is 12.3. The van der Waals surface area contributed by atoms with Gasteiger partial charge in [-0.15, -0.1) is 0 Å². The van der Waals surface area contributed by atoms with E-state index >= 15 is 0 Å². The van der Waals surface area contributed by atoms with Crippen LogP contribution in [0.5, 0.6) is 0 Å². The van der Waals surface area contributed by atoms with Crippen molar-refractivity contribution in [2.24, 2.45) is 0 Å². The molecule has 3 rings (SSSR count). The van der Waals surface area contributed by atoms with E-state index in [1.807, 2.05) is 51.1 Å². The summed E-state index contributed by atoms with van der Waals surface area (Å²) in [7, 11) is 0. The standard InChI is InChI=1S/C17H16N2O2/c1-10-7-8-11(2)15-14(10)16(20)17(21)19(15)9-13-6-4-5-12(3)18-13/h4-8H,9H2,1-3H3. The number of carbonyl (C=O) groups excluding carboxylic acids is 2. The van der Waals surface area contributed by atoms with Crippen LogP contribution in [0.4, 0.5) is 5.69 Å². The van der Waals surface area contributed by atoms with Gasteiger partial charge in [-0.05, 0) is 44.0 Å². The Kier molecular flexibility index (Phi) is 3.09. The molecule has 0 bridgehead atoms. The van der Waals surface area contributed by atoms with E-state index in [4.69, 9.17) is 0 Å². The molecular weight excluding hydrogens is 264 g/mol. The minimum atomic E-state index is -0.467. The second-order valence-electron chi connectivity index (χ2n) is 5.41. The first kappa shape index (κ1) is 13.5. The van der Waals surface area contributed by atoms with E-state index in [2.05, 4.69) is 4.98 Å². The fourth-order valence-electron chi connectivity index (χ4n) is 2.76. The van der Waals surface area contributed by atoms with Crippen LogP contribution in [-0.2, 0) is 11.3 Å². The highest BCUT2D eigenvalue weighted by Gasteiger charge is 2.38. The van der Waals surface area contributed by atoms with Crippen molar-refractivity contribution in [2.75, 3.05) is 4.90 Å². The number of ketones is 1. The van der Waals surface area contributed by atoms with Crippen LogP contribution in [0.2, 0.25) is 0 Å². The lowest BCUT2D eigenvalue weighted by Gasteiger charge is -2.18. The van der Waals surface area contributed by atoms with Gasteiger partial charge in [-0.25, -0.2) is 0 Å². The number of hydrogen-bond acceptors (Lipinski definition) is 3. The molecule has 0 spiro atoms. The number of Topliss-reactive ketones (excluding diaryl/α,β-unsaturated/α-hetero) is 1. The van der Waals surface area contributed by atoms with Gasteiger partial charge >= 0.3 is 0 Å². The second-order valence-corrected chi connectivity index (χ2v) is 5.41. The number of pyridine rings is 1. The summed E-state index contributed by atoms with van der Waals surface area (Å²) in [5.74, 6) is -0.885. The molecule has 2 aromatic rings. The summed E-state index contributed by atoms with van der Waals surface area (Å²) in [6.45, 7) is 6.01. The van der Waals surface area contributed by atoms with E-state index in [9.17, 15) is 9.59 Å². The van der Waals surface area contributed by atoms with Crippen molar-refractivity contribution in [3.8, 4) is 0 Å². The van der Waals surface area contributed by atoms with Crippen LogP contribution < -0.4 is 4.90 Å². The first-order valence-electron chi connectivity index (χ1n) is 6.88. The minimum Gasteiger partial charge on any atom is -0.298 e. The molecule has 4 heteroatoms. The van der Waals surface area contributed by atoms with E-state index in [-0.39, 0.29) is 0 Å². The van der Waals surface area contributed by atoms with Gasteiger partial charge in [-0.1, -0.05) is 18.2 Å². The van der Waals surface area contributed by atoms with Crippen LogP contribution in [0.15, 0.2) is 30.3 Å². The summed E-state index contributed by atoms with van der Waals surface area (Å²) in [6.07, 6.45) is 0. The number of fused-ring (bicyclic) bond motifs is 1. The molecule has 0 radical (unpaired) electrons. The zero-order valence-corrected chi connectivity index (χ0v) is 12.3. The molecule has 2 heterocycles. The van der Waals surface area contributed by atoms with Crippen LogP contribution in [0.3, 0.4) is 0 Å². The van der Waals surface area contributed by atoms with Crippen molar-refractivity contribution in [2.45, 2.75) is 27.3 Å². The van der Waals surface area contributed by atoms with E-state index < -0.39 is 11.7 Å². The van der Waals surface area contributed by atoms with Crippen LogP contribution in [0.1, 0.15) is 32.9 Å². The highest BCUT2D eigenvalue weighted by Crippen LogP contribution is 2.35. The number of aromatic nitrogens is 1. The average molecular weight is 280 g/mol. The number of anilines is 1. The van der Waals surface area contributed by atoms with Crippen molar-refractivity contribution in [3.05, 3.63) is 58.4 Å². The summed E-state index contributed by atoms with van der Waals surface area (Å²) in [6, 6.07) is 9.51. The number of aryl methyl sites for hydroxylation is 3. The van der Waals surface area contributed by atoms with Gasteiger partial charge in [0.25, 0.3) is 11.7 Å². The average Bonchev–Trinajstić information content (AvgIpc) is 2.69. The summed E-state index contributed by atoms with van der Waals surface area (Å²) in [5, 5.41) is 0. The molecule has 0 atom stereocenters. The van der Waals surface area contributed by atoms with Crippen molar-refractivity contribution in [1.29, 1.82) is 0 Å². The predicted molar refractivity (Wildman–Crippen MR) is 80.4 cm³/mol. The molecule has 1 aliphatic rings. The van der Waals surface area contributed by atoms with Crippen molar-refractivity contribution in [3.63, 3.8) is 0 Å². The summed E-state index contributed by atoms with van der Waals surface area (Å²) >= 11 is 0. The van der Waals surface area contributed by atoms with Gasteiger partial charge in [-0.3, -0.25) is 19.5 Å². The fraction of sp³-hybridized carbons (Fsp3) is 0.235. The molecule has 1 amide bonds. The zero-order valence-electron chi connectivity index (χ0n) is 12.3. The van der Waals surface area contributed by atoms with Gasteiger partial charge in [0.15, 0.2) is 0 Å².